The molecule has 0 spiro atoms. The summed E-state index contributed by atoms with van der Waals surface area (Å²) in [6, 6.07) is 17.7. The van der Waals surface area contributed by atoms with E-state index in [0.717, 1.165) is 44.2 Å². The molecule has 10 aromatic rings. The minimum absolute atomic E-state index is 0.188. The first-order valence-corrected chi connectivity index (χ1v) is 15.8. The minimum Gasteiger partial charge on any atom is -0.456 e. The fraction of sp³-hybridized carbons (Fsp3) is 0. The molecule has 0 aliphatic heterocycles. The number of furan rings is 1. The van der Waals surface area contributed by atoms with Gasteiger partial charge in [-0.1, -0.05) is 145 Å². The summed E-state index contributed by atoms with van der Waals surface area (Å²) in [7, 11) is 0. The van der Waals surface area contributed by atoms with E-state index in [0.29, 0.717) is 0 Å². The molecule has 2 aromatic heterocycles. The number of aromatic nitrogens is 1. The summed E-state index contributed by atoms with van der Waals surface area (Å²) in [5.74, 6) is 0. The van der Waals surface area contributed by atoms with Crippen LogP contribution in [0.4, 0.5) is 0 Å². The van der Waals surface area contributed by atoms with Gasteiger partial charge in [-0.3, -0.25) is 0 Å². The molecule has 0 fully saturated rings. The van der Waals surface area contributed by atoms with Gasteiger partial charge in [0.1, 0.15) is 11.2 Å². The topological polar surface area (TPSA) is 18.1 Å². The Bertz CT molecular complexity index is 3560. The quantitative estimate of drug-likeness (QED) is 0.181. The maximum absolute atomic E-state index is 9.66. The highest BCUT2D eigenvalue weighted by atomic mass is 16.3. The molecule has 0 bridgehead atoms. The molecular formula is C48H31NO. The molecule has 0 unspecified atom stereocenters. The molecule has 0 radical (unpaired) electrons. The Labute approximate surface area is 312 Å². The Morgan fingerprint density at radius 3 is 1.48 bits per heavy atom. The van der Waals surface area contributed by atoms with Gasteiger partial charge >= 0.3 is 0 Å². The molecule has 0 saturated carbocycles. The van der Waals surface area contributed by atoms with E-state index in [2.05, 4.69) is 6.07 Å². The van der Waals surface area contributed by atoms with Crippen molar-refractivity contribution in [3.8, 4) is 50.2 Å². The van der Waals surface area contributed by atoms with Crippen molar-refractivity contribution in [2.24, 2.45) is 0 Å². The van der Waals surface area contributed by atoms with Gasteiger partial charge in [0.05, 0.1) is 33.0 Å². The number of rotatable bonds is 5. The van der Waals surface area contributed by atoms with E-state index in [-0.39, 0.29) is 27.5 Å². The van der Waals surface area contributed by atoms with Gasteiger partial charge in [-0.2, -0.15) is 0 Å². The van der Waals surface area contributed by atoms with Gasteiger partial charge in [-0.15, -0.1) is 0 Å². The normalized spacial score (nSPS) is 16.1. The van der Waals surface area contributed by atoms with Crippen molar-refractivity contribution < 1.29 is 26.3 Å². The smallest absolute Gasteiger partial charge is 0.135 e. The van der Waals surface area contributed by atoms with Gasteiger partial charge in [0.25, 0.3) is 0 Å². The first kappa shape index (κ1) is 16.6. The van der Waals surface area contributed by atoms with Crippen LogP contribution in [0.1, 0.15) is 21.9 Å². The number of hydrogen-bond acceptors (Lipinski definition) is 1. The van der Waals surface area contributed by atoms with E-state index >= 15 is 0 Å². The van der Waals surface area contributed by atoms with Gasteiger partial charge in [0, 0.05) is 27.2 Å². The predicted molar refractivity (Wildman–Crippen MR) is 210 cm³/mol. The molecule has 0 saturated heterocycles. The van der Waals surface area contributed by atoms with Crippen LogP contribution in [-0.2, 0) is 0 Å². The lowest BCUT2D eigenvalue weighted by Gasteiger charge is -2.11. The van der Waals surface area contributed by atoms with E-state index in [4.69, 9.17) is 20.9 Å². The zero-order valence-electron chi connectivity index (χ0n) is 42.0. The third-order valence-electron chi connectivity index (χ3n) is 8.84. The second-order valence-electron chi connectivity index (χ2n) is 11.7. The Morgan fingerprint density at radius 2 is 0.880 bits per heavy atom. The van der Waals surface area contributed by atoms with Crippen LogP contribution in [0, 0.1) is 0 Å². The van der Waals surface area contributed by atoms with Crippen LogP contribution in [0.5, 0.6) is 0 Å². The Hall–Kier alpha value is -6.64. The van der Waals surface area contributed by atoms with Gasteiger partial charge in [-0.25, -0.2) is 0 Å². The fourth-order valence-corrected chi connectivity index (χ4v) is 6.42. The second-order valence-corrected chi connectivity index (χ2v) is 11.7. The summed E-state index contributed by atoms with van der Waals surface area (Å²) in [6.45, 7) is 0. The van der Waals surface area contributed by atoms with Gasteiger partial charge in [0.2, 0.25) is 0 Å². The standard InChI is InChI=1S/C48H31NO/c1-3-9-32(10-4-1)38-21-26-41-42-27-22-39(33-11-5-2-6-12-33)31-46(42)49(45(41)30-38)40-24-19-35(20-25-40)34-15-17-36(18-16-34)37-23-28-48-44(29-37)43-13-7-8-14-47(43)50-48/h1-31H/i1D,2D,3D,4D,5D,6D,9D,10D,11D,12D,21D,22D,26D,27D,30D,31D. The zero-order chi connectivity index (χ0) is 46.9. The molecule has 50 heavy (non-hydrogen) atoms. The Kier molecular flexibility index (Phi) is 3.83. The van der Waals surface area contributed by atoms with E-state index < -0.39 is 119 Å². The van der Waals surface area contributed by atoms with Crippen LogP contribution in [0.3, 0.4) is 0 Å². The third kappa shape index (κ3) is 4.73. The number of fused-ring (bicyclic) bond motifs is 6. The maximum atomic E-state index is 9.66. The van der Waals surface area contributed by atoms with Crippen LogP contribution in [0.25, 0.3) is 93.9 Å². The highest BCUT2D eigenvalue weighted by Gasteiger charge is 2.15. The highest BCUT2D eigenvalue weighted by Crippen LogP contribution is 2.38. The Balaban J connectivity index is 1.21. The van der Waals surface area contributed by atoms with E-state index in [9.17, 15) is 5.48 Å². The van der Waals surface area contributed by atoms with Crippen molar-refractivity contribution in [1.29, 1.82) is 0 Å². The molecule has 0 aliphatic carbocycles. The molecule has 0 amide bonds. The lowest BCUT2D eigenvalue weighted by molar-refractivity contribution is 0.669. The lowest BCUT2D eigenvalue weighted by atomic mass is 9.99. The third-order valence-corrected chi connectivity index (χ3v) is 8.84. The lowest BCUT2D eigenvalue weighted by Crippen LogP contribution is -1.94. The molecule has 0 N–H and O–H groups in total. The summed E-state index contributed by atoms with van der Waals surface area (Å²) < 4.78 is 148. The average molecular weight is 654 g/mol. The van der Waals surface area contributed by atoms with Crippen LogP contribution in [0.2, 0.25) is 0 Å². The average Bonchev–Trinajstić information content (AvgIpc) is 3.89. The first-order chi connectivity index (χ1) is 31.4. The molecule has 2 nitrogen and oxygen atoms in total. The largest absolute Gasteiger partial charge is 0.456 e. The summed E-state index contributed by atoms with van der Waals surface area (Å²) in [5.41, 5.74) is 3.04. The maximum Gasteiger partial charge on any atom is 0.135 e. The van der Waals surface area contributed by atoms with Crippen LogP contribution in [0.15, 0.2) is 192 Å². The SMILES string of the molecule is [2H]c1c([2H])c([2H])c(-c2c([2H])c([2H])c3c4c([2H])c([2H])c(-c5c([2H])c([2H])c([2H])c([2H])c5[2H])c([2H])c4n(-c4ccc(-c5ccc(-c6ccc7oc8ccccc8c7c6)cc5)cc4)c3c2[2H])c([2H])c1[2H]. The second kappa shape index (κ2) is 11.5. The van der Waals surface area contributed by atoms with Crippen LogP contribution < -0.4 is 0 Å². The van der Waals surface area contributed by atoms with Gasteiger partial charge in [0.15, 0.2) is 0 Å². The van der Waals surface area contributed by atoms with E-state index in [1.54, 1.807) is 24.3 Å². The predicted octanol–water partition coefficient (Wildman–Crippen LogP) is 13.4. The van der Waals surface area contributed by atoms with Crippen LogP contribution in [-0.4, -0.2) is 4.57 Å². The summed E-state index contributed by atoms with van der Waals surface area (Å²) in [4.78, 5) is 0. The summed E-state index contributed by atoms with van der Waals surface area (Å²) >= 11 is 0. The van der Waals surface area contributed by atoms with Crippen molar-refractivity contribution >= 4 is 43.7 Å². The summed E-state index contributed by atoms with van der Waals surface area (Å²) in [5, 5.41) is 1.58. The number of nitrogens with zero attached hydrogens (tertiary/aromatic N) is 1. The molecule has 0 aliphatic rings. The Morgan fingerprint density at radius 1 is 0.380 bits per heavy atom. The molecule has 0 atom stereocenters. The fourth-order valence-electron chi connectivity index (χ4n) is 6.42. The molecule has 2 heterocycles. The van der Waals surface area contributed by atoms with E-state index in [1.807, 2.05) is 60.7 Å². The van der Waals surface area contributed by atoms with Gasteiger partial charge in [-0.05, 0) is 86.9 Å². The van der Waals surface area contributed by atoms with Crippen molar-refractivity contribution in [3.05, 3.63) is 188 Å². The zero-order valence-corrected chi connectivity index (χ0v) is 26.0. The highest BCUT2D eigenvalue weighted by molar-refractivity contribution is 6.11. The molecule has 8 aromatic carbocycles. The monoisotopic (exact) mass is 653 g/mol. The number of benzene rings is 8. The van der Waals surface area contributed by atoms with Crippen molar-refractivity contribution in [2.75, 3.05) is 0 Å². The van der Waals surface area contributed by atoms with Crippen molar-refractivity contribution in [2.45, 2.75) is 0 Å². The van der Waals surface area contributed by atoms with Gasteiger partial charge < -0.3 is 8.98 Å². The molecule has 10 rings (SSSR count). The minimum atomic E-state index is -0.725. The molecular weight excluding hydrogens is 607 g/mol. The number of para-hydroxylation sites is 1. The van der Waals surface area contributed by atoms with Crippen LogP contribution >= 0.6 is 0 Å². The number of hydrogen-bond donors (Lipinski definition) is 0. The molecule has 2 heteroatoms. The molecule has 234 valence electrons. The first-order valence-electron chi connectivity index (χ1n) is 23.8. The summed E-state index contributed by atoms with van der Waals surface area (Å²) in [6.07, 6.45) is 0. The van der Waals surface area contributed by atoms with Crippen molar-refractivity contribution in [3.63, 3.8) is 0 Å². The van der Waals surface area contributed by atoms with E-state index in [1.165, 1.54) is 4.57 Å². The van der Waals surface area contributed by atoms with Crippen molar-refractivity contribution in [1.82, 2.24) is 4.57 Å².